The number of rotatable bonds is 8. The Labute approximate surface area is 171 Å². The molecule has 5 nitrogen and oxygen atoms in total. The molecule has 1 atom stereocenters. The predicted molar refractivity (Wildman–Crippen MR) is 116 cm³/mol. The third-order valence-electron chi connectivity index (χ3n) is 4.86. The molecule has 0 aliphatic rings. The van der Waals surface area contributed by atoms with Gasteiger partial charge in [0.25, 0.3) is 0 Å². The van der Waals surface area contributed by atoms with Crippen LogP contribution in [0.15, 0.2) is 29.6 Å². The first-order chi connectivity index (χ1) is 13.5. The Kier molecular flexibility index (Phi) is 6.62. The van der Waals surface area contributed by atoms with Gasteiger partial charge < -0.3 is 9.47 Å². The summed E-state index contributed by atoms with van der Waals surface area (Å²) in [6, 6.07) is 4.20. The van der Waals surface area contributed by atoms with Gasteiger partial charge in [-0.2, -0.15) is 0 Å². The zero-order valence-electron chi connectivity index (χ0n) is 17.6. The SMILES string of the molecule is CCCC(OCC)c1c(SC)nc2c(-c3c(C)cc(C)cc3OC)nccn12. The van der Waals surface area contributed by atoms with Gasteiger partial charge in [0.2, 0.25) is 0 Å². The molecule has 0 bridgehead atoms. The summed E-state index contributed by atoms with van der Waals surface area (Å²) in [6.45, 7) is 9.06. The molecule has 0 saturated carbocycles. The first kappa shape index (κ1) is 20.7. The molecule has 0 saturated heterocycles. The van der Waals surface area contributed by atoms with Gasteiger partial charge in [-0.05, 0) is 50.6 Å². The van der Waals surface area contributed by atoms with Crippen molar-refractivity contribution in [3.8, 4) is 17.0 Å². The topological polar surface area (TPSA) is 48.7 Å². The van der Waals surface area contributed by atoms with Gasteiger partial charge in [-0.15, -0.1) is 11.8 Å². The smallest absolute Gasteiger partial charge is 0.165 e. The van der Waals surface area contributed by atoms with Gasteiger partial charge in [-0.25, -0.2) is 4.98 Å². The number of thioether (sulfide) groups is 1. The third-order valence-corrected chi connectivity index (χ3v) is 5.55. The van der Waals surface area contributed by atoms with E-state index in [4.69, 9.17) is 19.4 Å². The molecule has 1 aromatic carbocycles. The molecule has 28 heavy (non-hydrogen) atoms. The van der Waals surface area contributed by atoms with Crippen molar-refractivity contribution in [1.82, 2.24) is 14.4 Å². The Bertz CT molecular complexity index is 962. The zero-order chi connectivity index (χ0) is 20.3. The summed E-state index contributed by atoms with van der Waals surface area (Å²) in [5.41, 5.74) is 6.07. The number of fused-ring (bicyclic) bond motifs is 1. The number of hydrogen-bond acceptors (Lipinski definition) is 5. The lowest BCUT2D eigenvalue weighted by molar-refractivity contribution is 0.0501. The fraction of sp³-hybridized carbons (Fsp3) is 0.455. The van der Waals surface area contributed by atoms with Crippen molar-refractivity contribution in [2.45, 2.75) is 51.7 Å². The van der Waals surface area contributed by atoms with E-state index in [1.54, 1.807) is 18.9 Å². The zero-order valence-corrected chi connectivity index (χ0v) is 18.4. The predicted octanol–water partition coefficient (Wildman–Crippen LogP) is 5.62. The fourth-order valence-corrected chi connectivity index (χ4v) is 4.37. The minimum Gasteiger partial charge on any atom is -0.496 e. The first-order valence-corrected chi connectivity index (χ1v) is 11.0. The second-order valence-electron chi connectivity index (χ2n) is 6.87. The van der Waals surface area contributed by atoms with E-state index >= 15 is 0 Å². The van der Waals surface area contributed by atoms with E-state index in [1.165, 1.54) is 5.56 Å². The molecular weight excluding hydrogens is 370 g/mol. The maximum absolute atomic E-state index is 6.09. The van der Waals surface area contributed by atoms with E-state index in [1.807, 2.05) is 25.4 Å². The number of aromatic nitrogens is 3. The molecule has 2 heterocycles. The van der Waals surface area contributed by atoms with E-state index < -0.39 is 0 Å². The number of methoxy groups -OCH3 is 1. The van der Waals surface area contributed by atoms with E-state index in [0.29, 0.717) is 6.61 Å². The molecule has 3 aromatic rings. The van der Waals surface area contributed by atoms with Crippen molar-refractivity contribution < 1.29 is 9.47 Å². The standard InChI is InChI=1S/C22H29N3O2S/c1-7-9-16(27-8-2)20-22(28-6)24-21-19(23-10-11-25(20)21)18-15(4)12-14(3)13-17(18)26-5/h10-13,16H,7-9H2,1-6H3. The Hall–Kier alpha value is -2.05. The molecule has 0 aliphatic heterocycles. The molecule has 1 unspecified atom stereocenters. The van der Waals surface area contributed by atoms with E-state index in [-0.39, 0.29) is 6.10 Å². The molecule has 3 rings (SSSR count). The van der Waals surface area contributed by atoms with Crippen LogP contribution in [0.4, 0.5) is 0 Å². The fourth-order valence-electron chi connectivity index (χ4n) is 3.75. The summed E-state index contributed by atoms with van der Waals surface area (Å²) in [5, 5.41) is 0.991. The summed E-state index contributed by atoms with van der Waals surface area (Å²) in [4.78, 5) is 9.66. The van der Waals surface area contributed by atoms with Gasteiger partial charge in [-0.1, -0.05) is 19.4 Å². The average molecular weight is 400 g/mol. The second kappa shape index (κ2) is 8.97. The number of nitrogens with zero attached hydrogens (tertiary/aromatic N) is 3. The summed E-state index contributed by atoms with van der Waals surface area (Å²) < 4.78 is 13.9. The lowest BCUT2D eigenvalue weighted by Crippen LogP contribution is -2.08. The third kappa shape index (κ3) is 3.76. The largest absolute Gasteiger partial charge is 0.496 e. The highest BCUT2D eigenvalue weighted by Crippen LogP contribution is 2.38. The lowest BCUT2D eigenvalue weighted by Gasteiger charge is -2.18. The summed E-state index contributed by atoms with van der Waals surface area (Å²) >= 11 is 1.65. The van der Waals surface area contributed by atoms with Gasteiger partial charge in [0.1, 0.15) is 22.6 Å². The number of hydrogen-bond donors (Lipinski definition) is 0. The highest BCUT2D eigenvalue weighted by Gasteiger charge is 2.24. The van der Waals surface area contributed by atoms with Crippen LogP contribution in [-0.2, 0) is 4.74 Å². The number of imidazole rings is 1. The van der Waals surface area contributed by atoms with Crippen LogP contribution in [-0.4, -0.2) is 34.3 Å². The van der Waals surface area contributed by atoms with E-state index in [0.717, 1.165) is 51.8 Å². The van der Waals surface area contributed by atoms with Crippen molar-refractivity contribution in [3.05, 3.63) is 41.3 Å². The molecule has 0 amide bonds. The molecule has 0 fully saturated rings. The lowest BCUT2D eigenvalue weighted by atomic mass is 10.0. The van der Waals surface area contributed by atoms with Gasteiger partial charge in [-0.3, -0.25) is 9.38 Å². The Morgan fingerprint density at radius 3 is 2.64 bits per heavy atom. The average Bonchev–Trinajstić information content (AvgIpc) is 3.06. The quantitative estimate of drug-likeness (QED) is 0.460. The number of aryl methyl sites for hydroxylation is 2. The molecule has 0 radical (unpaired) electrons. The molecule has 0 N–H and O–H groups in total. The molecule has 2 aromatic heterocycles. The van der Waals surface area contributed by atoms with Crippen molar-refractivity contribution in [2.75, 3.05) is 20.0 Å². The normalized spacial score (nSPS) is 12.5. The highest BCUT2D eigenvalue weighted by atomic mass is 32.2. The number of benzene rings is 1. The van der Waals surface area contributed by atoms with Crippen molar-refractivity contribution >= 4 is 17.4 Å². The number of ether oxygens (including phenoxy) is 2. The molecule has 150 valence electrons. The molecule has 0 spiro atoms. The molecule has 6 heteroatoms. The van der Waals surface area contributed by atoms with Crippen molar-refractivity contribution in [1.29, 1.82) is 0 Å². The Morgan fingerprint density at radius 2 is 2.00 bits per heavy atom. The monoisotopic (exact) mass is 399 g/mol. The van der Waals surface area contributed by atoms with Crippen molar-refractivity contribution in [3.63, 3.8) is 0 Å². The van der Waals surface area contributed by atoms with Gasteiger partial charge in [0.05, 0.1) is 12.8 Å². The van der Waals surface area contributed by atoms with Crippen LogP contribution in [0, 0.1) is 13.8 Å². The van der Waals surface area contributed by atoms with E-state index in [9.17, 15) is 0 Å². The van der Waals surface area contributed by atoms with Gasteiger partial charge in [0.15, 0.2) is 5.65 Å². The van der Waals surface area contributed by atoms with Crippen LogP contribution >= 0.6 is 11.8 Å². The summed E-state index contributed by atoms with van der Waals surface area (Å²) in [7, 11) is 1.70. The van der Waals surface area contributed by atoms with Gasteiger partial charge >= 0.3 is 0 Å². The van der Waals surface area contributed by atoms with Gasteiger partial charge in [0, 0.05) is 24.6 Å². The van der Waals surface area contributed by atoms with Crippen LogP contribution in [0.5, 0.6) is 5.75 Å². The minimum absolute atomic E-state index is 0.0173. The minimum atomic E-state index is 0.0173. The second-order valence-corrected chi connectivity index (χ2v) is 7.66. The van der Waals surface area contributed by atoms with Crippen LogP contribution in [0.2, 0.25) is 0 Å². The Morgan fingerprint density at radius 1 is 1.21 bits per heavy atom. The molecular formula is C22H29N3O2S. The maximum atomic E-state index is 6.09. The van der Waals surface area contributed by atoms with Crippen molar-refractivity contribution in [2.24, 2.45) is 0 Å². The highest BCUT2D eigenvalue weighted by molar-refractivity contribution is 7.98. The first-order valence-electron chi connectivity index (χ1n) is 9.73. The van der Waals surface area contributed by atoms with Crippen LogP contribution in [0.25, 0.3) is 16.9 Å². The Balaban J connectivity index is 2.29. The van der Waals surface area contributed by atoms with Crippen LogP contribution < -0.4 is 4.74 Å². The van der Waals surface area contributed by atoms with Crippen LogP contribution in [0.3, 0.4) is 0 Å². The van der Waals surface area contributed by atoms with Crippen LogP contribution in [0.1, 0.15) is 49.6 Å². The summed E-state index contributed by atoms with van der Waals surface area (Å²) in [6.07, 6.45) is 7.91. The maximum Gasteiger partial charge on any atom is 0.165 e. The van der Waals surface area contributed by atoms with E-state index in [2.05, 4.69) is 37.5 Å². The molecule has 0 aliphatic carbocycles. The summed E-state index contributed by atoms with van der Waals surface area (Å²) in [5.74, 6) is 0.822.